The first kappa shape index (κ1) is 20.6. The van der Waals surface area contributed by atoms with Crippen molar-refractivity contribution in [1.29, 1.82) is 0 Å². The Balaban J connectivity index is 1.78. The average molecular weight is 381 g/mol. The van der Waals surface area contributed by atoms with Crippen molar-refractivity contribution >= 4 is 29.2 Å². The summed E-state index contributed by atoms with van der Waals surface area (Å²) in [4.78, 5) is 33.0. The van der Waals surface area contributed by atoms with Gasteiger partial charge in [-0.25, -0.2) is 4.98 Å². The molecule has 0 aromatic carbocycles. The number of halogens is 1. The van der Waals surface area contributed by atoms with E-state index >= 15 is 0 Å². The van der Waals surface area contributed by atoms with Crippen LogP contribution in [0.4, 0.5) is 5.82 Å². The molecule has 1 aromatic heterocycles. The molecule has 1 N–H and O–H groups in total. The summed E-state index contributed by atoms with van der Waals surface area (Å²) in [6.45, 7) is 7.81. The molecular weight excluding hydrogens is 352 g/mol. The van der Waals surface area contributed by atoms with Gasteiger partial charge in [-0.15, -0.1) is 0 Å². The number of aromatic nitrogens is 1. The zero-order valence-electron chi connectivity index (χ0n) is 15.7. The number of anilines is 1. The molecule has 0 bridgehead atoms. The van der Waals surface area contributed by atoms with Crippen LogP contribution in [0.25, 0.3) is 0 Å². The molecule has 1 aliphatic heterocycles. The summed E-state index contributed by atoms with van der Waals surface area (Å²) in [6, 6.07) is 3.40. The number of pyridine rings is 1. The van der Waals surface area contributed by atoms with Gasteiger partial charge in [-0.1, -0.05) is 25.4 Å². The molecule has 0 spiro atoms. The summed E-state index contributed by atoms with van der Waals surface area (Å²) in [5.74, 6) is 0.666. The van der Waals surface area contributed by atoms with Crippen LogP contribution < -0.4 is 5.32 Å². The van der Waals surface area contributed by atoms with Crippen LogP contribution in [0.3, 0.4) is 0 Å². The standard InChI is InChI=1S/C19H29ClN4O2/c1-3-9-24(10-4-2)18(25)14-23-11-7-15(8-12-23)19(26)22-17-6-5-16(20)13-21-17/h5-6,13,15H,3-4,7-12,14H2,1-2H3,(H,21,22,26). The summed E-state index contributed by atoms with van der Waals surface area (Å²) >= 11 is 5.80. The maximum atomic E-state index is 12.5. The fourth-order valence-electron chi connectivity index (χ4n) is 3.22. The van der Waals surface area contributed by atoms with Crippen molar-refractivity contribution in [2.24, 2.45) is 5.92 Å². The first-order valence-electron chi connectivity index (χ1n) is 9.46. The molecule has 1 fully saturated rings. The van der Waals surface area contributed by atoms with Crippen molar-refractivity contribution < 1.29 is 9.59 Å². The zero-order chi connectivity index (χ0) is 18.9. The Hall–Kier alpha value is -1.66. The topological polar surface area (TPSA) is 65.5 Å². The fraction of sp³-hybridized carbons (Fsp3) is 0.632. The van der Waals surface area contributed by atoms with Crippen molar-refractivity contribution in [1.82, 2.24) is 14.8 Å². The smallest absolute Gasteiger partial charge is 0.236 e. The van der Waals surface area contributed by atoms with Gasteiger partial charge in [0.1, 0.15) is 5.82 Å². The lowest BCUT2D eigenvalue weighted by Gasteiger charge is -2.32. The molecule has 0 aliphatic carbocycles. The highest BCUT2D eigenvalue weighted by Crippen LogP contribution is 2.19. The second kappa shape index (κ2) is 10.5. The summed E-state index contributed by atoms with van der Waals surface area (Å²) in [5.41, 5.74) is 0. The third-order valence-corrected chi connectivity index (χ3v) is 4.86. The monoisotopic (exact) mass is 380 g/mol. The minimum Gasteiger partial charge on any atom is -0.342 e. The Kier molecular flexibility index (Phi) is 8.32. The molecule has 1 aliphatic rings. The molecular formula is C19H29ClN4O2. The van der Waals surface area contributed by atoms with Gasteiger partial charge in [0.15, 0.2) is 0 Å². The molecule has 0 atom stereocenters. The Bertz CT molecular complexity index is 580. The summed E-state index contributed by atoms with van der Waals surface area (Å²) in [5, 5.41) is 3.39. The average Bonchev–Trinajstić information content (AvgIpc) is 2.64. The molecule has 2 amide bonds. The molecule has 7 heteroatoms. The van der Waals surface area contributed by atoms with Gasteiger partial charge in [0, 0.05) is 25.2 Å². The number of nitrogens with zero attached hydrogens (tertiary/aromatic N) is 3. The molecule has 144 valence electrons. The molecule has 2 heterocycles. The van der Waals surface area contributed by atoms with Crippen LogP contribution >= 0.6 is 11.6 Å². The predicted octanol–water partition coefficient (Wildman–Crippen LogP) is 3.03. The van der Waals surface area contributed by atoms with Crippen LogP contribution in [-0.4, -0.2) is 59.3 Å². The van der Waals surface area contributed by atoms with Crippen LogP contribution in [0, 0.1) is 5.92 Å². The summed E-state index contributed by atoms with van der Waals surface area (Å²) < 4.78 is 0. The predicted molar refractivity (Wildman–Crippen MR) is 104 cm³/mol. The zero-order valence-corrected chi connectivity index (χ0v) is 16.5. The van der Waals surface area contributed by atoms with Gasteiger partial charge in [-0.3, -0.25) is 14.5 Å². The van der Waals surface area contributed by atoms with Gasteiger partial charge >= 0.3 is 0 Å². The van der Waals surface area contributed by atoms with Crippen LogP contribution in [-0.2, 0) is 9.59 Å². The summed E-state index contributed by atoms with van der Waals surface area (Å²) in [7, 11) is 0. The Morgan fingerprint density at radius 1 is 1.23 bits per heavy atom. The van der Waals surface area contributed by atoms with E-state index in [1.54, 1.807) is 12.1 Å². The van der Waals surface area contributed by atoms with Crippen molar-refractivity contribution in [3.05, 3.63) is 23.4 Å². The van der Waals surface area contributed by atoms with E-state index in [0.717, 1.165) is 51.9 Å². The van der Waals surface area contributed by atoms with Gasteiger partial charge in [0.05, 0.1) is 11.6 Å². The van der Waals surface area contributed by atoms with E-state index in [4.69, 9.17) is 11.6 Å². The van der Waals surface area contributed by atoms with E-state index in [1.807, 2.05) is 4.90 Å². The van der Waals surface area contributed by atoms with Crippen LogP contribution in [0.15, 0.2) is 18.3 Å². The third kappa shape index (κ3) is 6.25. The lowest BCUT2D eigenvalue weighted by molar-refractivity contribution is -0.133. The van der Waals surface area contributed by atoms with Crippen LogP contribution in [0.5, 0.6) is 0 Å². The number of nitrogens with one attached hydrogen (secondary N) is 1. The van der Waals surface area contributed by atoms with E-state index in [-0.39, 0.29) is 17.7 Å². The van der Waals surface area contributed by atoms with E-state index < -0.39 is 0 Å². The number of hydrogen-bond donors (Lipinski definition) is 1. The summed E-state index contributed by atoms with van der Waals surface area (Å²) in [6.07, 6.45) is 4.99. The Labute approximate surface area is 160 Å². The minimum atomic E-state index is -0.0405. The number of amides is 2. The number of rotatable bonds is 8. The van der Waals surface area contributed by atoms with E-state index in [9.17, 15) is 9.59 Å². The third-order valence-electron chi connectivity index (χ3n) is 4.64. The Morgan fingerprint density at radius 2 is 1.88 bits per heavy atom. The second-order valence-electron chi connectivity index (χ2n) is 6.78. The van der Waals surface area contributed by atoms with Crippen molar-refractivity contribution in [3.63, 3.8) is 0 Å². The normalized spacial score (nSPS) is 15.7. The molecule has 0 radical (unpaired) electrons. The second-order valence-corrected chi connectivity index (χ2v) is 7.22. The van der Waals surface area contributed by atoms with Crippen molar-refractivity contribution in [2.75, 3.05) is 38.0 Å². The van der Waals surface area contributed by atoms with Crippen LogP contribution in [0.2, 0.25) is 5.02 Å². The van der Waals surface area contributed by atoms with Gasteiger partial charge < -0.3 is 10.2 Å². The number of likely N-dealkylation sites (tertiary alicyclic amines) is 1. The van der Waals surface area contributed by atoms with Gasteiger partial charge in [0.25, 0.3) is 0 Å². The highest BCUT2D eigenvalue weighted by molar-refractivity contribution is 6.30. The first-order chi connectivity index (χ1) is 12.5. The Morgan fingerprint density at radius 3 is 2.42 bits per heavy atom. The van der Waals surface area contributed by atoms with Gasteiger partial charge in [-0.05, 0) is 50.9 Å². The van der Waals surface area contributed by atoms with Crippen molar-refractivity contribution in [2.45, 2.75) is 39.5 Å². The van der Waals surface area contributed by atoms with E-state index in [2.05, 4.69) is 29.0 Å². The van der Waals surface area contributed by atoms with Crippen molar-refractivity contribution in [3.8, 4) is 0 Å². The van der Waals surface area contributed by atoms with E-state index in [0.29, 0.717) is 17.4 Å². The fourth-order valence-corrected chi connectivity index (χ4v) is 3.34. The number of hydrogen-bond acceptors (Lipinski definition) is 4. The molecule has 6 nitrogen and oxygen atoms in total. The number of piperidine rings is 1. The van der Waals surface area contributed by atoms with E-state index in [1.165, 1.54) is 6.20 Å². The van der Waals surface area contributed by atoms with Crippen LogP contribution in [0.1, 0.15) is 39.5 Å². The highest BCUT2D eigenvalue weighted by atomic mass is 35.5. The SMILES string of the molecule is CCCN(CCC)C(=O)CN1CCC(C(=O)Nc2ccc(Cl)cn2)CC1. The molecule has 2 rings (SSSR count). The number of carbonyl (C=O) groups is 2. The molecule has 0 unspecified atom stereocenters. The maximum Gasteiger partial charge on any atom is 0.236 e. The molecule has 26 heavy (non-hydrogen) atoms. The molecule has 1 aromatic rings. The molecule has 1 saturated heterocycles. The first-order valence-corrected chi connectivity index (χ1v) is 9.83. The molecule has 0 saturated carbocycles. The number of carbonyl (C=O) groups excluding carboxylic acids is 2. The highest BCUT2D eigenvalue weighted by Gasteiger charge is 2.27. The lowest BCUT2D eigenvalue weighted by Crippen LogP contribution is -2.45. The minimum absolute atomic E-state index is 0.00982. The van der Waals surface area contributed by atoms with Gasteiger partial charge in [-0.2, -0.15) is 0 Å². The lowest BCUT2D eigenvalue weighted by atomic mass is 9.96. The largest absolute Gasteiger partial charge is 0.342 e. The maximum absolute atomic E-state index is 12.5. The van der Waals surface area contributed by atoms with Gasteiger partial charge in [0.2, 0.25) is 11.8 Å². The quantitative estimate of drug-likeness (QED) is 0.752.